The predicted molar refractivity (Wildman–Crippen MR) is 84.0 cm³/mol. The maximum absolute atomic E-state index is 12.0. The molecule has 3 rings (SSSR count). The third-order valence-corrected chi connectivity index (χ3v) is 3.87. The second kappa shape index (κ2) is 6.00. The van der Waals surface area contributed by atoms with Crippen LogP contribution in [0, 0.1) is 5.92 Å². The molecule has 2 aromatic carbocycles. The van der Waals surface area contributed by atoms with Crippen LogP contribution >= 0.6 is 0 Å². The molecular weight excluding hydrogens is 262 g/mol. The molecule has 3 nitrogen and oxygen atoms in total. The van der Waals surface area contributed by atoms with Gasteiger partial charge in [-0.05, 0) is 30.4 Å². The number of carbonyl (C=O) groups excluding carboxylic acids is 1. The van der Waals surface area contributed by atoms with Gasteiger partial charge >= 0.3 is 5.97 Å². The first kappa shape index (κ1) is 13.7. The smallest absolute Gasteiger partial charge is 0.328 e. The van der Waals surface area contributed by atoms with Crippen LogP contribution in [0.15, 0.2) is 54.6 Å². The molecule has 0 amide bonds. The molecule has 2 aromatic rings. The van der Waals surface area contributed by atoms with Crippen molar-refractivity contribution in [1.29, 1.82) is 0 Å². The lowest BCUT2D eigenvalue weighted by molar-refractivity contribution is -0.142. The van der Waals surface area contributed by atoms with Crippen LogP contribution in [-0.4, -0.2) is 19.1 Å². The molecule has 0 heterocycles. The van der Waals surface area contributed by atoms with E-state index in [1.807, 2.05) is 36.4 Å². The lowest BCUT2D eigenvalue weighted by Gasteiger charge is -2.19. The quantitative estimate of drug-likeness (QED) is 0.849. The summed E-state index contributed by atoms with van der Waals surface area (Å²) < 4.78 is 4.93. The summed E-state index contributed by atoms with van der Waals surface area (Å²) in [5.74, 6) is 0.210. The number of ether oxygens (including phenoxy) is 1. The van der Waals surface area contributed by atoms with Gasteiger partial charge in [-0.1, -0.05) is 48.5 Å². The van der Waals surface area contributed by atoms with Crippen molar-refractivity contribution in [3.05, 3.63) is 54.6 Å². The van der Waals surface area contributed by atoms with Crippen LogP contribution in [0.5, 0.6) is 0 Å². The molecule has 1 atom stereocenters. The summed E-state index contributed by atoms with van der Waals surface area (Å²) >= 11 is 0. The minimum atomic E-state index is -0.250. The average molecular weight is 281 g/mol. The third kappa shape index (κ3) is 3.07. The molecule has 21 heavy (non-hydrogen) atoms. The predicted octanol–water partition coefficient (Wildman–Crippen LogP) is 3.72. The molecule has 0 radical (unpaired) electrons. The number of nitrogens with one attached hydrogen (secondary N) is 1. The fourth-order valence-electron chi connectivity index (χ4n) is 2.57. The molecule has 0 saturated heterocycles. The van der Waals surface area contributed by atoms with Crippen molar-refractivity contribution in [3.8, 4) is 11.1 Å². The number of carbonyl (C=O) groups is 1. The van der Waals surface area contributed by atoms with Crippen molar-refractivity contribution in [2.45, 2.75) is 18.9 Å². The Morgan fingerprint density at radius 2 is 1.76 bits per heavy atom. The fraction of sp³-hybridized carbons (Fsp3) is 0.278. The number of hydrogen-bond donors (Lipinski definition) is 1. The van der Waals surface area contributed by atoms with Crippen molar-refractivity contribution >= 4 is 11.7 Å². The van der Waals surface area contributed by atoms with Gasteiger partial charge in [-0.25, -0.2) is 4.79 Å². The van der Waals surface area contributed by atoms with E-state index in [0.29, 0.717) is 5.92 Å². The maximum atomic E-state index is 12.0. The summed E-state index contributed by atoms with van der Waals surface area (Å²) in [6.45, 7) is 0. The Hall–Kier alpha value is -2.29. The van der Waals surface area contributed by atoms with E-state index in [1.54, 1.807) is 0 Å². The first-order valence-corrected chi connectivity index (χ1v) is 7.28. The summed E-state index contributed by atoms with van der Waals surface area (Å²) in [7, 11) is 1.45. The van der Waals surface area contributed by atoms with Crippen LogP contribution < -0.4 is 5.32 Å². The Labute approximate surface area is 124 Å². The van der Waals surface area contributed by atoms with Gasteiger partial charge in [0.25, 0.3) is 0 Å². The zero-order valence-corrected chi connectivity index (χ0v) is 12.1. The van der Waals surface area contributed by atoms with Crippen LogP contribution in [0.3, 0.4) is 0 Å². The molecule has 0 spiro atoms. The minimum Gasteiger partial charge on any atom is -0.467 e. The van der Waals surface area contributed by atoms with Gasteiger partial charge in [0, 0.05) is 11.3 Å². The minimum absolute atomic E-state index is 0.180. The molecule has 1 fully saturated rings. The van der Waals surface area contributed by atoms with Crippen LogP contribution in [0.25, 0.3) is 11.1 Å². The molecule has 0 aromatic heterocycles. The zero-order chi connectivity index (χ0) is 14.7. The van der Waals surface area contributed by atoms with Crippen LogP contribution in [0.2, 0.25) is 0 Å². The second-order valence-electron chi connectivity index (χ2n) is 5.39. The SMILES string of the molecule is COC(=O)C(Nc1ccccc1-c1ccccc1)C1CC1. The summed E-state index contributed by atoms with van der Waals surface area (Å²) in [6, 6.07) is 18.0. The number of hydrogen-bond acceptors (Lipinski definition) is 3. The van der Waals surface area contributed by atoms with E-state index in [1.165, 1.54) is 7.11 Å². The van der Waals surface area contributed by atoms with Crippen molar-refractivity contribution in [3.63, 3.8) is 0 Å². The molecule has 3 heteroatoms. The van der Waals surface area contributed by atoms with Crippen LogP contribution in [0.1, 0.15) is 12.8 Å². The van der Waals surface area contributed by atoms with E-state index < -0.39 is 0 Å². The number of benzene rings is 2. The maximum Gasteiger partial charge on any atom is 0.328 e. The molecule has 108 valence electrons. The normalized spacial score (nSPS) is 15.3. The third-order valence-electron chi connectivity index (χ3n) is 3.87. The van der Waals surface area contributed by atoms with Crippen LogP contribution in [0.4, 0.5) is 5.69 Å². The molecule has 1 saturated carbocycles. The molecular formula is C18H19NO2. The first-order valence-electron chi connectivity index (χ1n) is 7.28. The Balaban J connectivity index is 1.90. The van der Waals surface area contributed by atoms with Gasteiger partial charge in [0.05, 0.1) is 7.11 Å². The Bertz CT molecular complexity index is 620. The lowest BCUT2D eigenvalue weighted by atomic mass is 10.0. The molecule has 1 unspecified atom stereocenters. The standard InChI is InChI=1S/C18H19NO2/c1-21-18(20)17(14-11-12-14)19-16-10-6-5-9-15(16)13-7-3-2-4-8-13/h2-10,14,17,19H,11-12H2,1H3. The van der Waals surface area contributed by atoms with E-state index in [-0.39, 0.29) is 12.0 Å². The molecule has 1 aliphatic rings. The fourth-order valence-corrected chi connectivity index (χ4v) is 2.57. The van der Waals surface area contributed by atoms with E-state index >= 15 is 0 Å². The lowest BCUT2D eigenvalue weighted by Crippen LogP contribution is -2.32. The summed E-state index contributed by atoms with van der Waals surface area (Å²) in [6.07, 6.45) is 2.17. The number of para-hydroxylation sites is 1. The van der Waals surface area contributed by atoms with Crippen molar-refractivity contribution in [1.82, 2.24) is 0 Å². The number of rotatable bonds is 5. The van der Waals surface area contributed by atoms with Crippen molar-refractivity contribution in [2.24, 2.45) is 5.92 Å². The largest absolute Gasteiger partial charge is 0.467 e. The van der Waals surface area contributed by atoms with Crippen molar-refractivity contribution < 1.29 is 9.53 Å². The molecule has 1 N–H and O–H groups in total. The van der Waals surface area contributed by atoms with Gasteiger partial charge < -0.3 is 10.1 Å². The second-order valence-corrected chi connectivity index (χ2v) is 5.39. The van der Waals surface area contributed by atoms with E-state index in [2.05, 4.69) is 23.5 Å². The highest BCUT2D eigenvalue weighted by Crippen LogP contribution is 2.36. The number of methoxy groups -OCH3 is 1. The van der Waals surface area contributed by atoms with Gasteiger partial charge in [0.2, 0.25) is 0 Å². The summed E-state index contributed by atoms with van der Waals surface area (Å²) in [5, 5.41) is 3.38. The van der Waals surface area contributed by atoms with Gasteiger partial charge in [0.1, 0.15) is 6.04 Å². The number of esters is 1. The Kier molecular flexibility index (Phi) is 3.91. The highest BCUT2D eigenvalue weighted by molar-refractivity contribution is 5.84. The molecule has 0 aliphatic heterocycles. The van der Waals surface area contributed by atoms with Gasteiger partial charge in [-0.2, -0.15) is 0 Å². The number of anilines is 1. The zero-order valence-electron chi connectivity index (χ0n) is 12.1. The van der Waals surface area contributed by atoms with E-state index in [4.69, 9.17) is 4.74 Å². The molecule has 1 aliphatic carbocycles. The van der Waals surface area contributed by atoms with Crippen LogP contribution in [-0.2, 0) is 9.53 Å². The molecule has 0 bridgehead atoms. The van der Waals surface area contributed by atoms with Gasteiger partial charge in [-0.3, -0.25) is 0 Å². The Morgan fingerprint density at radius 3 is 2.43 bits per heavy atom. The monoisotopic (exact) mass is 281 g/mol. The summed E-state index contributed by atoms with van der Waals surface area (Å²) in [4.78, 5) is 12.0. The average Bonchev–Trinajstić information content (AvgIpc) is 3.38. The topological polar surface area (TPSA) is 38.3 Å². The van der Waals surface area contributed by atoms with E-state index in [9.17, 15) is 4.79 Å². The highest BCUT2D eigenvalue weighted by Gasteiger charge is 2.37. The first-order chi connectivity index (χ1) is 10.3. The van der Waals surface area contributed by atoms with Gasteiger partial charge in [-0.15, -0.1) is 0 Å². The highest BCUT2D eigenvalue weighted by atomic mass is 16.5. The van der Waals surface area contributed by atoms with Crippen molar-refractivity contribution in [2.75, 3.05) is 12.4 Å². The van der Waals surface area contributed by atoms with Gasteiger partial charge in [0.15, 0.2) is 0 Å². The summed E-state index contributed by atoms with van der Waals surface area (Å²) in [5.41, 5.74) is 3.22. The van der Waals surface area contributed by atoms with E-state index in [0.717, 1.165) is 29.7 Å². The Morgan fingerprint density at radius 1 is 1.10 bits per heavy atom.